The molecule has 46 heavy (non-hydrogen) atoms. The van der Waals surface area contributed by atoms with Crippen LogP contribution in [0, 0.1) is 5.92 Å². The summed E-state index contributed by atoms with van der Waals surface area (Å²) in [6.07, 6.45) is 56.7. The van der Waals surface area contributed by atoms with E-state index >= 15 is 0 Å². The molecule has 1 saturated heterocycles. The highest BCUT2D eigenvalue weighted by atomic mass is 16.8. The molecule has 2 heteroatoms. The first kappa shape index (κ1) is 41.1. The molecule has 1 saturated carbocycles. The van der Waals surface area contributed by atoms with Crippen molar-refractivity contribution < 1.29 is 9.47 Å². The minimum atomic E-state index is -0.288. The lowest BCUT2D eigenvalue weighted by Crippen LogP contribution is -2.31. The predicted octanol–water partition coefficient (Wildman–Crippen LogP) is 14.7. The molecule has 2 aliphatic rings. The summed E-state index contributed by atoms with van der Waals surface area (Å²) < 4.78 is 13.6. The second-order valence-electron chi connectivity index (χ2n) is 14.8. The van der Waals surface area contributed by atoms with E-state index < -0.39 is 0 Å². The summed E-state index contributed by atoms with van der Waals surface area (Å²) in [6, 6.07) is 0. The molecular weight excluding hydrogens is 560 g/mol. The Labute approximate surface area is 288 Å². The van der Waals surface area contributed by atoms with Gasteiger partial charge >= 0.3 is 0 Å². The Kier molecular flexibility index (Phi) is 25.7. The van der Waals surface area contributed by atoms with Crippen molar-refractivity contribution in [1.82, 2.24) is 0 Å². The van der Waals surface area contributed by atoms with E-state index in [-0.39, 0.29) is 5.79 Å². The Morgan fingerprint density at radius 2 is 0.848 bits per heavy atom. The largest absolute Gasteiger partial charge is 0.344 e. The summed E-state index contributed by atoms with van der Waals surface area (Å²) in [5.41, 5.74) is 0. The van der Waals surface area contributed by atoms with Crippen LogP contribution >= 0.6 is 0 Å². The number of allylic oxidation sites excluding steroid dienone is 8. The number of ether oxygens (including phenoxy) is 2. The van der Waals surface area contributed by atoms with Gasteiger partial charge in [-0.2, -0.15) is 0 Å². The lowest BCUT2D eigenvalue weighted by atomic mass is 9.87. The highest BCUT2D eigenvalue weighted by Gasteiger charge is 2.48. The van der Waals surface area contributed by atoms with Gasteiger partial charge in [0.2, 0.25) is 0 Å². The van der Waals surface area contributed by atoms with E-state index in [1.54, 1.807) is 0 Å². The van der Waals surface area contributed by atoms with E-state index in [1.165, 1.54) is 161 Å². The van der Waals surface area contributed by atoms with Crippen LogP contribution in [0.1, 0.15) is 207 Å². The molecule has 266 valence electrons. The Hall–Kier alpha value is -1.12. The van der Waals surface area contributed by atoms with Gasteiger partial charge in [-0.1, -0.05) is 146 Å². The van der Waals surface area contributed by atoms with E-state index in [2.05, 4.69) is 69.4 Å². The Morgan fingerprint density at radius 3 is 1.30 bits per heavy atom. The fourth-order valence-electron chi connectivity index (χ4n) is 7.27. The molecule has 0 spiro atoms. The van der Waals surface area contributed by atoms with E-state index in [9.17, 15) is 0 Å². The van der Waals surface area contributed by atoms with Gasteiger partial charge in [0.1, 0.15) is 0 Å². The third kappa shape index (κ3) is 21.0. The van der Waals surface area contributed by atoms with Crippen molar-refractivity contribution in [1.29, 1.82) is 0 Å². The van der Waals surface area contributed by atoms with Crippen molar-refractivity contribution in [3.8, 4) is 0 Å². The second kappa shape index (κ2) is 28.9. The van der Waals surface area contributed by atoms with Crippen LogP contribution in [0.5, 0.6) is 0 Å². The van der Waals surface area contributed by atoms with Gasteiger partial charge < -0.3 is 9.47 Å². The molecular formula is C44H78O2. The monoisotopic (exact) mass is 639 g/mol. The molecule has 1 heterocycles. The summed E-state index contributed by atoms with van der Waals surface area (Å²) in [6.45, 7) is 6.94. The molecule has 0 amide bonds. The lowest BCUT2D eigenvalue weighted by Gasteiger charge is -2.28. The number of unbranched alkanes of at least 4 members (excludes halogenated alkanes) is 18. The van der Waals surface area contributed by atoms with Crippen LogP contribution in [0.25, 0.3) is 0 Å². The lowest BCUT2D eigenvalue weighted by molar-refractivity contribution is -0.186. The van der Waals surface area contributed by atoms with Crippen LogP contribution in [0.3, 0.4) is 0 Å². The van der Waals surface area contributed by atoms with Gasteiger partial charge in [-0.15, -0.1) is 0 Å². The van der Waals surface area contributed by atoms with Crippen LogP contribution in [-0.2, 0) is 9.47 Å². The third-order valence-electron chi connectivity index (χ3n) is 10.2. The van der Waals surface area contributed by atoms with Crippen LogP contribution in [0.2, 0.25) is 0 Å². The highest BCUT2D eigenvalue weighted by molar-refractivity contribution is 4.94. The van der Waals surface area contributed by atoms with Crippen molar-refractivity contribution in [2.45, 2.75) is 225 Å². The summed E-state index contributed by atoms with van der Waals surface area (Å²) in [5, 5.41) is 0. The van der Waals surface area contributed by atoms with Crippen LogP contribution < -0.4 is 0 Å². The molecule has 0 aromatic heterocycles. The maximum atomic E-state index is 6.82. The summed E-state index contributed by atoms with van der Waals surface area (Å²) in [4.78, 5) is 0. The van der Waals surface area contributed by atoms with Crippen molar-refractivity contribution in [3.05, 3.63) is 48.6 Å². The van der Waals surface area contributed by atoms with E-state index in [4.69, 9.17) is 9.47 Å². The maximum absolute atomic E-state index is 6.82. The molecule has 0 unspecified atom stereocenters. The summed E-state index contributed by atoms with van der Waals surface area (Å²) in [7, 11) is 0. The van der Waals surface area contributed by atoms with Gasteiger partial charge in [0.15, 0.2) is 5.79 Å². The van der Waals surface area contributed by atoms with Crippen molar-refractivity contribution in [3.63, 3.8) is 0 Å². The normalized spacial score (nSPS) is 21.5. The molecule has 0 aromatic carbocycles. The number of hydrogen-bond donors (Lipinski definition) is 0. The minimum absolute atomic E-state index is 0.288. The van der Waals surface area contributed by atoms with Gasteiger partial charge in [-0.05, 0) is 102 Å². The average Bonchev–Trinajstić information content (AvgIpc) is 3.41. The molecule has 2 fully saturated rings. The Balaban J connectivity index is 1.53. The maximum Gasteiger partial charge on any atom is 0.169 e. The van der Waals surface area contributed by atoms with Crippen LogP contribution in [0.4, 0.5) is 0 Å². The molecule has 0 bridgehead atoms. The summed E-state index contributed by atoms with van der Waals surface area (Å²) >= 11 is 0. The fraction of sp³-hybridized carbons (Fsp3) is 0.818. The van der Waals surface area contributed by atoms with Crippen LogP contribution in [-0.4, -0.2) is 18.0 Å². The Bertz CT molecular complexity index is 744. The quantitative estimate of drug-likeness (QED) is 0.0575. The SMILES string of the molecule is CCCCC/C=C\C/C=C\CCCCCCCCC1(CCCCCCCC/C=C\C/C=C\CCCCC)O[C@H]2CC[C@@H](C)C[C@@H]2O1. The van der Waals surface area contributed by atoms with Crippen molar-refractivity contribution >= 4 is 0 Å². The molecule has 0 aromatic rings. The van der Waals surface area contributed by atoms with E-state index in [0.29, 0.717) is 12.2 Å². The van der Waals surface area contributed by atoms with E-state index in [1.807, 2.05) is 0 Å². The average molecular weight is 639 g/mol. The van der Waals surface area contributed by atoms with Crippen molar-refractivity contribution in [2.75, 3.05) is 0 Å². The molecule has 2 nitrogen and oxygen atoms in total. The van der Waals surface area contributed by atoms with Gasteiger partial charge in [0, 0.05) is 12.8 Å². The molecule has 1 aliphatic carbocycles. The van der Waals surface area contributed by atoms with Gasteiger partial charge in [-0.25, -0.2) is 0 Å². The zero-order valence-corrected chi connectivity index (χ0v) is 31.2. The molecule has 1 aliphatic heterocycles. The zero-order valence-electron chi connectivity index (χ0n) is 31.2. The first-order valence-corrected chi connectivity index (χ1v) is 20.6. The Morgan fingerprint density at radius 1 is 0.457 bits per heavy atom. The number of fused-ring (bicyclic) bond motifs is 1. The summed E-state index contributed by atoms with van der Waals surface area (Å²) in [5.74, 6) is 0.494. The topological polar surface area (TPSA) is 18.5 Å². The molecule has 3 atom stereocenters. The van der Waals surface area contributed by atoms with Gasteiger partial charge in [0.25, 0.3) is 0 Å². The molecule has 0 N–H and O–H groups in total. The number of hydrogen-bond acceptors (Lipinski definition) is 2. The standard InChI is InChI=1S/C44H78O2/c1-4-6-8-10-12-14-16-18-20-22-24-26-28-30-32-34-38-44(45-42-37-36-41(3)40-43(42)46-44)39-35-33-31-29-27-25-23-21-19-17-15-13-11-9-7-5-2/h12-15,18-21,41-43H,4-11,16-17,22-40H2,1-3H3/b14-12-,15-13-,20-18-,21-19-/t41-,42+,43+/m1/s1. The van der Waals surface area contributed by atoms with Crippen LogP contribution in [0.15, 0.2) is 48.6 Å². The highest BCUT2D eigenvalue weighted by Crippen LogP contribution is 2.44. The molecule has 2 rings (SSSR count). The zero-order chi connectivity index (χ0) is 32.8. The second-order valence-corrected chi connectivity index (χ2v) is 14.8. The molecule has 0 radical (unpaired) electrons. The minimum Gasteiger partial charge on any atom is -0.344 e. The first-order chi connectivity index (χ1) is 22.7. The number of rotatable bonds is 30. The van der Waals surface area contributed by atoms with Crippen molar-refractivity contribution in [2.24, 2.45) is 5.92 Å². The van der Waals surface area contributed by atoms with Gasteiger partial charge in [-0.3, -0.25) is 0 Å². The van der Waals surface area contributed by atoms with Gasteiger partial charge in [0.05, 0.1) is 12.2 Å². The predicted molar refractivity (Wildman–Crippen MR) is 203 cm³/mol. The fourth-order valence-corrected chi connectivity index (χ4v) is 7.27. The van der Waals surface area contributed by atoms with E-state index in [0.717, 1.165) is 31.6 Å². The third-order valence-corrected chi connectivity index (χ3v) is 10.2. The smallest absolute Gasteiger partial charge is 0.169 e. The first-order valence-electron chi connectivity index (χ1n) is 20.6.